The normalized spacial score (nSPS) is 14.8. The fourth-order valence-corrected chi connectivity index (χ4v) is 3.32. The highest BCUT2D eigenvalue weighted by atomic mass is 16.5. The fourth-order valence-electron chi connectivity index (χ4n) is 3.32. The lowest BCUT2D eigenvalue weighted by Gasteiger charge is -2.28. The van der Waals surface area contributed by atoms with E-state index in [1.54, 1.807) is 7.11 Å². The maximum atomic E-state index is 12.8. The van der Waals surface area contributed by atoms with Crippen LogP contribution >= 0.6 is 0 Å². The molecule has 0 spiro atoms. The molecule has 1 aromatic heterocycles. The Morgan fingerprint density at radius 1 is 1.32 bits per heavy atom. The molecule has 1 aliphatic rings. The van der Waals surface area contributed by atoms with Crippen LogP contribution in [-0.2, 0) is 11.2 Å². The first-order valence-corrected chi connectivity index (χ1v) is 8.90. The summed E-state index contributed by atoms with van der Waals surface area (Å²) in [5.74, 6) is 1.59. The Kier molecular flexibility index (Phi) is 5.37. The number of benzene rings is 1. The minimum Gasteiger partial charge on any atom is -0.496 e. The van der Waals surface area contributed by atoms with Crippen molar-refractivity contribution in [2.75, 3.05) is 14.2 Å². The molecule has 1 aliphatic carbocycles. The molecule has 0 bridgehead atoms. The molecule has 1 atom stereocenters. The Bertz CT molecular complexity index is 726. The highest BCUT2D eigenvalue weighted by Crippen LogP contribution is 2.43. The summed E-state index contributed by atoms with van der Waals surface area (Å²) in [7, 11) is 3.59. The molecule has 1 amide bonds. The van der Waals surface area contributed by atoms with Crippen molar-refractivity contribution in [3.8, 4) is 5.75 Å². The third-order valence-electron chi connectivity index (χ3n) is 4.97. The first-order valence-electron chi connectivity index (χ1n) is 8.90. The standard InChI is InChI=1S/C21H26N2O2/c1-15-7-8-16(14-19(15)25-3)9-12-20(24)23(2)21(17-10-11-17)18-6-4-5-13-22-18/h4-8,13-14,17,21H,9-12H2,1-3H3. The van der Waals surface area contributed by atoms with Gasteiger partial charge in [0.05, 0.1) is 18.8 Å². The number of hydrogen-bond acceptors (Lipinski definition) is 3. The monoisotopic (exact) mass is 338 g/mol. The van der Waals surface area contributed by atoms with Crippen molar-refractivity contribution in [1.82, 2.24) is 9.88 Å². The summed E-state index contributed by atoms with van der Waals surface area (Å²) in [5.41, 5.74) is 3.24. The number of rotatable bonds is 7. The van der Waals surface area contributed by atoms with Gasteiger partial charge in [-0.2, -0.15) is 0 Å². The Morgan fingerprint density at radius 3 is 2.76 bits per heavy atom. The molecule has 0 saturated heterocycles. The van der Waals surface area contributed by atoms with E-state index in [-0.39, 0.29) is 11.9 Å². The van der Waals surface area contributed by atoms with Gasteiger partial charge in [-0.15, -0.1) is 0 Å². The molecule has 1 fully saturated rings. The Labute approximate surface area is 149 Å². The van der Waals surface area contributed by atoms with Gasteiger partial charge in [0.25, 0.3) is 0 Å². The number of methoxy groups -OCH3 is 1. The van der Waals surface area contributed by atoms with Gasteiger partial charge in [0.2, 0.25) is 5.91 Å². The zero-order valence-electron chi connectivity index (χ0n) is 15.2. The summed E-state index contributed by atoms with van der Waals surface area (Å²) in [4.78, 5) is 19.1. The van der Waals surface area contributed by atoms with Crippen molar-refractivity contribution in [3.63, 3.8) is 0 Å². The van der Waals surface area contributed by atoms with Crippen molar-refractivity contribution in [2.45, 2.75) is 38.6 Å². The van der Waals surface area contributed by atoms with Crippen LogP contribution in [-0.4, -0.2) is 29.9 Å². The molecular formula is C21H26N2O2. The first kappa shape index (κ1) is 17.5. The van der Waals surface area contributed by atoms with Crippen LogP contribution in [0.3, 0.4) is 0 Å². The molecule has 1 heterocycles. The molecular weight excluding hydrogens is 312 g/mol. The van der Waals surface area contributed by atoms with Crippen LogP contribution in [0.1, 0.15) is 42.1 Å². The molecule has 0 aliphatic heterocycles. The smallest absolute Gasteiger partial charge is 0.223 e. The summed E-state index contributed by atoms with van der Waals surface area (Å²) < 4.78 is 5.37. The first-order chi connectivity index (χ1) is 12.1. The molecule has 4 nitrogen and oxygen atoms in total. The van der Waals surface area contributed by atoms with Crippen LogP contribution in [0.5, 0.6) is 5.75 Å². The maximum absolute atomic E-state index is 12.8. The van der Waals surface area contributed by atoms with E-state index in [4.69, 9.17) is 4.74 Å². The molecule has 4 heteroatoms. The SMILES string of the molecule is COc1cc(CCC(=O)N(C)C(c2ccccn2)C2CC2)ccc1C. The lowest BCUT2D eigenvalue weighted by atomic mass is 10.0. The maximum Gasteiger partial charge on any atom is 0.223 e. The number of aromatic nitrogens is 1. The van der Waals surface area contributed by atoms with Crippen LogP contribution in [0.4, 0.5) is 0 Å². The summed E-state index contributed by atoms with van der Waals surface area (Å²) in [6.07, 6.45) is 5.38. The van der Waals surface area contributed by atoms with E-state index < -0.39 is 0 Å². The molecule has 0 N–H and O–H groups in total. The molecule has 132 valence electrons. The highest BCUT2D eigenvalue weighted by molar-refractivity contribution is 5.76. The van der Waals surface area contributed by atoms with Crippen LogP contribution in [0.25, 0.3) is 0 Å². The van der Waals surface area contributed by atoms with Crippen molar-refractivity contribution in [3.05, 3.63) is 59.4 Å². The number of amides is 1. The largest absolute Gasteiger partial charge is 0.496 e. The van der Waals surface area contributed by atoms with E-state index in [1.807, 2.05) is 55.4 Å². The Morgan fingerprint density at radius 2 is 2.12 bits per heavy atom. The van der Waals surface area contributed by atoms with Crippen LogP contribution < -0.4 is 4.74 Å². The van der Waals surface area contributed by atoms with E-state index >= 15 is 0 Å². The molecule has 2 aromatic rings. The number of pyridine rings is 1. The number of carbonyl (C=O) groups excluding carboxylic acids is 1. The van der Waals surface area contributed by atoms with Crippen LogP contribution in [0.2, 0.25) is 0 Å². The molecule has 0 radical (unpaired) electrons. The van der Waals surface area contributed by atoms with Crippen LogP contribution in [0.15, 0.2) is 42.6 Å². The lowest BCUT2D eigenvalue weighted by molar-refractivity contribution is -0.132. The van der Waals surface area contributed by atoms with Crippen LogP contribution in [0, 0.1) is 12.8 Å². The van der Waals surface area contributed by atoms with E-state index in [1.165, 1.54) is 12.8 Å². The van der Waals surface area contributed by atoms with Gasteiger partial charge in [0.15, 0.2) is 0 Å². The van der Waals surface area contributed by atoms with E-state index in [0.717, 1.165) is 29.0 Å². The second-order valence-corrected chi connectivity index (χ2v) is 6.85. The Hall–Kier alpha value is -2.36. The molecule has 3 rings (SSSR count). The highest BCUT2D eigenvalue weighted by Gasteiger charge is 2.37. The summed E-state index contributed by atoms with van der Waals surface area (Å²) in [6, 6.07) is 12.2. The minimum atomic E-state index is 0.0984. The van der Waals surface area contributed by atoms with Gasteiger partial charge in [0.1, 0.15) is 5.75 Å². The van der Waals surface area contributed by atoms with Gasteiger partial charge in [0, 0.05) is 19.7 Å². The predicted octanol–water partition coefficient (Wildman–Crippen LogP) is 3.94. The summed E-state index contributed by atoms with van der Waals surface area (Å²) in [5, 5.41) is 0. The van der Waals surface area contributed by atoms with Gasteiger partial charge >= 0.3 is 0 Å². The van der Waals surface area contributed by atoms with Gasteiger partial charge < -0.3 is 9.64 Å². The lowest BCUT2D eigenvalue weighted by Crippen LogP contribution is -2.33. The Balaban J connectivity index is 1.65. The number of carbonyl (C=O) groups is 1. The van der Waals surface area contributed by atoms with Gasteiger partial charge in [-0.05, 0) is 61.4 Å². The van der Waals surface area contributed by atoms with Crippen molar-refractivity contribution < 1.29 is 9.53 Å². The minimum absolute atomic E-state index is 0.0984. The third kappa shape index (κ3) is 4.19. The molecule has 25 heavy (non-hydrogen) atoms. The van der Waals surface area contributed by atoms with Gasteiger partial charge in [-0.25, -0.2) is 0 Å². The predicted molar refractivity (Wildman–Crippen MR) is 98.5 cm³/mol. The van der Waals surface area contributed by atoms with Crippen molar-refractivity contribution in [2.24, 2.45) is 5.92 Å². The fraction of sp³-hybridized carbons (Fsp3) is 0.429. The van der Waals surface area contributed by atoms with E-state index in [9.17, 15) is 4.79 Å². The van der Waals surface area contributed by atoms with Gasteiger partial charge in [-0.1, -0.05) is 18.2 Å². The van der Waals surface area contributed by atoms with Gasteiger partial charge in [-0.3, -0.25) is 9.78 Å². The van der Waals surface area contributed by atoms with E-state index in [0.29, 0.717) is 12.3 Å². The number of aryl methyl sites for hydroxylation is 2. The summed E-state index contributed by atoms with van der Waals surface area (Å²) in [6.45, 7) is 2.02. The second kappa shape index (κ2) is 7.68. The zero-order chi connectivity index (χ0) is 17.8. The molecule has 1 aromatic carbocycles. The third-order valence-corrected chi connectivity index (χ3v) is 4.97. The van der Waals surface area contributed by atoms with Crippen molar-refractivity contribution >= 4 is 5.91 Å². The molecule has 1 unspecified atom stereocenters. The van der Waals surface area contributed by atoms with Crippen molar-refractivity contribution in [1.29, 1.82) is 0 Å². The van der Waals surface area contributed by atoms with E-state index in [2.05, 4.69) is 11.1 Å². The summed E-state index contributed by atoms with van der Waals surface area (Å²) >= 11 is 0. The topological polar surface area (TPSA) is 42.4 Å². The number of nitrogens with zero attached hydrogens (tertiary/aromatic N) is 2. The average Bonchev–Trinajstić information content (AvgIpc) is 3.46. The second-order valence-electron chi connectivity index (χ2n) is 6.85. The molecule has 1 saturated carbocycles. The zero-order valence-corrected chi connectivity index (χ0v) is 15.2. The average molecular weight is 338 g/mol. The number of hydrogen-bond donors (Lipinski definition) is 0. The quantitative estimate of drug-likeness (QED) is 0.768. The number of ether oxygens (including phenoxy) is 1.